The van der Waals surface area contributed by atoms with Crippen LogP contribution in [-0.4, -0.2) is 39.0 Å². The molecule has 6 heteroatoms. The summed E-state index contributed by atoms with van der Waals surface area (Å²) in [4.78, 5) is 24.8. The molecule has 104 valence electrons. The molecule has 1 fully saturated rings. The highest BCUT2D eigenvalue weighted by atomic mass is 35.5. The van der Waals surface area contributed by atoms with E-state index in [1.807, 2.05) is 6.92 Å². The summed E-state index contributed by atoms with van der Waals surface area (Å²) in [5, 5.41) is 9.41. The maximum absolute atomic E-state index is 12.5. The molecule has 1 saturated carbocycles. The summed E-state index contributed by atoms with van der Waals surface area (Å²) in [6.07, 6.45) is 4.35. The molecule has 1 heterocycles. The van der Waals surface area contributed by atoms with Crippen molar-refractivity contribution < 1.29 is 14.7 Å². The summed E-state index contributed by atoms with van der Waals surface area (Å²) in [5.74, 6) is -1.23. The fourth-order valence-electron chi connectivity index (χ4n) is 2.13. The van der Waals surface area contributed by atoms with Crippen LogP contribution in [0.15, 0.2) is 12.3 Å². The highest BCUT2D eigenvalue weighted by Gasteiger charge is 2.35. The Hall–Kier alpha value is -1.49. The quantitative estimate of drug-likeness (QED) is 0.871. The van der Waals surface area contributed by atoms with Gasteiger partial charge in [0, 0.05) is 18.8 Å². The summed E-state index contributed by atoms with van der Waals surface area (Å²) in [5.41, 5.74) is 0.472. The van der Waals surface area contributed by atoms with E-state index in [2.05, 4.69) is 0 Å². The first-order valence-corrected chi connectivity index (χ1v) is 6.79. The van der Waals surface area contributed by atoms with Crippen LogP contribution < -0.4 is 0 Å². The van der Waals surface area contributed by atoms with Gasteiger partial charge >= 0.3 is 5.97 Å². The molecule has 0 aliphatic heterocycles. The number of amides is 1. The second-order valence-electron chi connectivity index (χ2n) is 4.79. The highest BCUT2D eigenvalue weighted by molar-refractivity contribution is 6.31. The molecule has 1 aliphatic carbocycles. The number of halogens is 1. The zero-order chi connectivity index (χ0) is 14.0. The van der Waals surface area contributed by atoms with Crippen molar-refractivity contribution in [1.82, 2.24) is 9.47 Å². The van der Waals surface area contributed by atoms with Gasteiger partial charge in [0.15, 0.2) is 0 Å². The first kappa shape index (κ1) is 13.9. The molecular weight excluding hydrogens is 268 g/mol. The molecule has 0 atom stereocenters. The van der Waals surface area contributed by atoms with Crippen LogP contribution in [0.4, 0.5) is 0 Å². The van der Waals surface area contributed by atoms with Crippen molar-refractivity contribution in [1.29, 1.82) is 0 Å². The number of rotatable bonds is 6. The number of aliphatic carboxylic acids is 1. The lowest BCUT2D eigenvalue weighted by Crippen LogP contribution is -2.38. The van der Waals surface area contributed by atoms with E-state index in [0.29, 0.717) is 17.3 Å². The minimum Gasteiger partial charge on any atom is -0.480 e. The number of aryl methyl sites for hydroxylation is 1. The smallest absolute Gasteiger partial charge is 0.323 e. The number of hydrogen-bond donors (Lipinski definition) is 1. The SMILES string of the molecule is CCCn1cc(Cl)cc1C(=O)N(CC(=O)O)C1CC1. The van der Waals surface area contributed by atoms with E-state index in [9.17, 15) is 9.59 Å². The van der Waals surface area contributed by atoms with E-state index in [0.717, 1.165) is 19.3 Å². The van der Waals surface area contributed by atoms with Crippen molar-refractivity contribution in [3.05, 3.63) is 23.0 Å². The number of carbonyl (C=O) groups is 2. The number of carboxylic acid groups (broad SMARTS) is 1. The molecule has 0 spiro atoms. The molecule has 0 unspecified atom stereocenters. The summed E-state index contributed by atoms with van der Waals surface area (Å²) in [6, 6.07) is 1.67. The van der Waals surface area contributed by atoms with Gasteiger partial charge in [-0.1, -0.05) is 18.5 Å². The molecule has 0 aromatic carbocycles. The van der Waals surface area contributed by atoms with Gasteiger partial charge in [0.1, 0.15) is 12.2 Å². The van der Waals surface area contributed by atoms with E-state index in [-0.39, 0.29) is 18.5 Å². The fraction of sp³-hybridized carbons (Fsp3) is 0.538. The molecule has 1 N–H and O–H groups in total. The van der Waals surface area contributed by atoms with E-state index in [1.54, 1.807) is 16.8 Å². The van der Waals surface area contributed by atoms with E-state index in [4.69, 9.17) is 16.7 Å². The van der Waals surface area contributed by atoms with Crippen LogP contribution in [-0.2, 0) is 11.3 Å². The maximum Gasteiger partial charge on any atom is 0.323 e. The lowest BCUT2D eigenvalue weighted by atomic mass is 10.3. The molecule has 19 heavy (non-hydrogen) atoms. The Kier molecular flexibility index (Phi) is 4.14. The standard InChI is InChI=1S/C13H17ClN2O3/c1-2-5-15-7-9(14)6-11(15)13(19)16(8-12(17)18)10-3-4-10/h6-7,10H,2-5,8H2,1H3,(H,17,18). The molecule has 1 aromatic rings. The normalized spacial score (nSPS) is 14.4. The summed E-state index contributed by atoms with van der Waals surface area (Å²) >= 11 is 5.94. The number of carbonyl (C=O) groups excluding carboxylic acids is 1. The van der Waals surface area contributed by atoms with Crippen LogP contribution in [0.25, 0.3) is 0 Å². The molecule has 5 nitrogen and oxygen atoms in total. The van der Waals surface area contributed by atoms with Gasteiger partial charge in [0.05, 0.1) is 5.02 Å². The Balaban J connectivity index is 2.23. The van der Waals surface area contributed by atoms with Crippen LogP contribution >= 0.6 is 11.6 Å². The van der Waals surface area contributed by atoms with Crippen molar-refractivity contribution in [2.24, 2.45) is 0 Å². The zero-order valence-electron chi connectivity index (χ0n) is 10.8. The van der Waals surface area contributed by atoms with Gasteiger partial charge < -0.3 is 14.6 Å². The van der Waals surface area contributed by atoms with Crippen molar-refractivity contribution in [3.8, 4) is 0 Å². The van der Waals surface area contributed by atoms with Gasteiger partial charge in [-0.05, 0) is 25.3 Å². The second kappa shape index (κ2) is 5.65. The highest BCUT2D eigenvalue weighted by Crippen LogP contribution is 2.29. The van der Waals surface area contributed by atoms with E-state index < -0.39 is 5.97 Å². The molecule has 2 rings (SSSR count). The fourth-order valence-corrected chi connectivity index (χ4v) is 2.35. The molecule has 1 aliphatic rings. The summed E-state index contributed by atoms with van der Waals surface area (Å²) in [7, 11) is 0. The summed E-state index contributed by atoms with van der Waals surface area (Å²) in [6.45, 7) is 2.45. The van der Waals surface area contributed by atoms with Gasteiger partial charge in [-0.25, -0.2) is 0 Å². The largest absolute Gasteiger partial charge is 0.480 e. The molecular formula is C13H17ClN2O3. The monoisotopic (exact) mass is 284 g/mol. The predicted molar refractivity (Wildman–Crippen MR) is 71.4 cm³/mol. The Labute approximate surface area is 116 Å². The van der Waals surface area contributed by atoms with Gasteiger partial charge in [0.25, 0.3) is 5.91 Å². The first-order valence-electron chi connectivity index (χ1n) is 6.41. The average molecular weight is 285 g/mol. The van der Waals surface area contributed by atoms with Crippen LogP contribution in [0, 0.1) is 0 Å². The zero-order valence-corrected chi connectivity index (χ0v) is 11.6. The van der Waals surface area contributed by atoms with Crippen LogP contribution in [0.2, 0.25) is 5.02 Å². The van der Waals surface area contributed by atoms with Crippen molar-refractivity contribution >= 4 is 23.5 Å². The topological polar surface area (TPSA) is 62.5 Å². The van der Waals surface area contributed by atoms with Crippen molar-refractivity contribution in [2.75, 3.05) is 6.54 Å². The lowest BCUT2D eigenvalue weighted by Gasteiger charge is -2.21. The Morgan fingerprint density at radius 1 is 1.53 bits per heavy atom. The molecule has 1 amide bonds. The maximum atomic E-state index is 12.5. The van der Waals surface area contributed by atoms with Crippen LogP contribution in [0.5, 0.6) is 0 Å². The van der Waals surface area contributed by atoms with Gasteiger partial charge in [-0.3, -0.25) is 9.59 Å². The van der Waals surface area contributed by atoms with Gasteiger partial charge in [0.2, 0.25) is 0 Å². The minimum absolute atomic E-state index is 0.0624. The minimum atomic E-state index is -0.986. The second-order valence-corrected chi connectivity index (χ2v) is 5.23. The third kappa shape index (κ3) is 3.29. The van der Waals surface area contributed by atoms with Crippen molar-refractivity contribution in [3.63, 3.8) is 0 Å². The lowest BCUT2D eigenvalue weighted by molar-refractivity contribution is -0.137. The number of carboxylic acids is 1. The third-order valence-electron chi connectivity index (χ3n) is 3.10. The molecule has 1 aromatic heterocycles. The van der Waals surface area contributed by atoms with Crippen LogP contribution in [0.3, 0.4) is 0 Å². The average Bonchev–Trinajstić information content (AvgIpc) is 3.10. The summed E-state index contributed by atoms with van der Waals surface area (Å²) < 4.78 is 1.79. The van der Waals surface area contributed by atoms with E-state index in [1.165, 1.54) is 4.90 Å². The Bertz CT molecular complexity index is 494. The molecule has 0 bridgehead atoms. The number of aromatic nitrogens is 1. The van der Waals surface area contributed by atoms with E-state index >= 15 is 0 Å². The Morgan fingerprint density at radius 2 is 2.21 bits per heavy atom. The third-order valence-corrected chi connectivity index (χ3v) is 3.31. The number of nitrogens with zero attached hydrogens (tertiary/aromatic N) is 2. The first-order chi connectivity index (χ1) is 9.02. The van der Waals surface area contributed by atoms with Crippen LogP contribution in [0.1, 0.15) is 36.7 Å². The predicted octanol–water partition coefficient (Wildman–Crippen LogP) is 2.24. The number of hydrogen-bond acceptors (Lipinski definition) is 2. The molecule has 0 saturated heterocycles. The Morgan fingerprint density at radius 3 is 2.74 bits per heavy atom. The van der Waals surface area contributed by atoms with Gasteiger partial charge in [-0.2, -0.15) is 0 Å². The van der Waals surface area contributed by atoms with Crippen molar-refractivity contribution in [2.45, 2.75) is 38.8 Å². The van der Waals surface area contributed by atoms with Gasteiger partial charge in [-0.15, -0.1) is 0 Å². The molecule has 0 radical (unpaired) electrons.